The van der Waals surface area contributed by atoms with Crippen molar-refractivity contribution in [1.29, 1.82) is 0 Å². The molecule has 28 heavy (non-hydrogen) atoms. The molecule has 0 fully saturated rings. The van der Waals surface area contributed by atoms with Crippen molar-refractivity contribution >= 4 is 33.4 Å². The van der Waals surface area contributed by atoms with Crippen molar-refractivity contribution in [3.05, 3.63) is 63.5 Å². The predicted molar refractivity (Wildman–Crippen MR) is 96.5 cm³/mol. The van der Waals surface area contributed by atoms with E-state index in [2.05, 4.69) is 15.2 Å². The minimum atomic E-state index is -3.92. The highest BCUT2D eigenvalue weighted by atomic mass is 32.2. The van der Waals surface area contributed by atoms with Gasteiger partial charge in [0.15, 0.2) is 5.76 Å². The van der Waals surface area contributed by atoms with Gasteiger partial charge in [-0.15, -0.1) is 0 Å². The summed E-state index contributed by atoms with van der Waals surface area (Å²) >= 11 is 0. The Kier molecular flexibility index (Phi) is 4.88. The van der Waals surface area contributed by atoms with E-state index in [1.807, 2.05) is 0 Å². The molecule has 11 nitrogen and oxygen atoms in total. The zero-order chi connectivity index (χ0) is 20.5. The Labute approximate surface area is 158 Å². The number of amides is 1. The Balaban J connectivity index is 1.72. The number of rotatable bonds is 6. The van der Waals surface area contributed by atoms with Gasteiger partial charge < -0.3 is 14.3 Å². The van der Waals surface area contributed by atoms with Crippen LogP contribution in [0, 0.1) is 24.0 Å². The molecule has 0 saturated heterocycles. The number of nitro groups is 1. The molecule has 0 radical (unpaired) electrons. The zero-order valence-corrected chi connectivity index (χ0v) is 15.4. The Morgan fingerprint density at radius 3 is 2.36 bits per heavy atom. The SMILES string of the molecule is Cc1noc(NS(=O)(=O)c2ccc(NC(=O)c3ccc([N+](=O)[O-])o3)cc2)c1C. The van der Waals surface area contributed by atoms with Crippen molar-refractivity contribution in [2.45, 2.75) is 18.7 Å². The van der Waals surface area contributed by atoms with Gasteiger partial charge in [-0.25, -0.2) is 13.1 Å². The number of carbonyl (C=O) groups excluding carboxylic acids is 1. The molecule has 0 unspecified atom stereocenters. The average molecular weight is 406 g/mol. The number of nitrogens with one attached hydrogen (secondary N) is 2. The van der Waals surface area contributed by atoms with Crippen LogP contribution in [0.5, 0.6) is 0 Å². The van der Waals surface area contributed by atoms with E-state index in [9.17, 15) is 23.3 Å². The first-order valence-corrected chi connectivity index (χ1v) is 9.27. The molecule has 2 heterocycles. The van der Waals surface area contributed by atoms with Crippen LogP contribution in [0.3, 0.4) is 0 Å². The molecule has 3 rings (SSSR count). The maximum absolute atomic E-state index is 12.4. The number of nitrogens with zero attached hydrogens (tertiary/aromatic N) is 2. The van der Waals surface area contributed by atoms with E-state index in [0.717, 1.165) is 12.1 Å². The van der Waals surface area contributed by atoms with Crippen LogP contribution in [0.1, 0.15) is 21.8 Å². The molecule has 0 aliphatic carbocycles. The topological polar surface area (TPSA) is 158 Å². The molecular weight excluding hydrogens is 392 g/mol. The molecule has 1 amide bonds. The van der Waals surface area contributed by atoms with Gasteiger partial charge >= 0.3 is 5.88 Å². The Bertz CT molecular complexity index is 1150. The number of hydrogen-bond acceptors (Lipinski definition) is 8. The summed E-state index contributed by atoms with van der Waals surface area (Å²) in [6, 6.07) is 7.51. The number of furan rings is 1. The highest BCUT2D eigenvalue weighted by Gasteiger charge is 2.20. The molecule has 146 valence electrons. The normalized spacial score (nSPS) is 11.2. The summed E-state index contributed by atoms with van der Waals surface area (Å²) in [5, 5.41) is 16.7. The minimum absolute atomic E-state index is 0.0225. The summed E-state index contributed by atoms with van der Waals surface area (Å²) in [6.45, 7) is 3.35. The molecule has 0 spiro atoms. The summed E-state index contributed by atoms with van der Waals surface area (Å²) in [7, 11) is -3.92. The fourth-order valence-electron chi connectivity index (χ4n) is 2.15. The van der Waals surface area contributed by atoms with Crippen LogP contribution in [0.25, 0.3) is 0 Å². The van der Waals surface area contributed by atoms with Gasteiger partial charge in [-0.3, -0.25) is 14.9 Å². The van der Waals surface area contributed by atoms with Gasteiger partial charge in [-0.05, 0) is 44.2 Å². The maximum Gasteiger partial charge on any atom is 0.433 e. The van der Waals surface area contributed by atoms with Gasteiger partial charge in [-0.1, -0.05) is 5.16 Å². The second-order valence-electron chi connectivity index (χ2n) is 5.70. The second kappa shape index (κ2) is 7.15. The van der Waals surface area contributed by atoms with E-state index >= 15 is 0 Å². The summed E-state index contributed by atoms with van der Waals surface area (Å²) in [5.74, 6) is -1.50. The average Bonchev–Trinajstić information content (AvgIpc) is 3.25. The van der Waals surface area contributed by atoms with Gasteiger partial charge in [0.05, 0.1) is 16.7 Å². The highest BCUT2D eigenvalue weighted by molar-refractivity contribution is 7.92. The third-order valence-electron chi connectivity index (χ3n) is 3.80. The second-order valence-corrected chi connectivity index (χ2v) is 7.38. The Morgan fingerprint density at radius 1 is 1.14 bits per heavy atom. The molecule has 0 atom stereocenters. The molecule has 0 aliphatic heterocycles. The number of aromatic nitrogens is 1. The minimum Gasteiger partial charge on any atom is -0.395 e. The Hall–Kier alpha value is -3.67. The highest BCUT2D eigenvalue weighted by Crippen LogP contribution is 2.23. The quantitative estimate of drug-likeness (QED) is 0.467. The first-order chi connectivity index (χ1) is 13.2. The maximum atomic E-state index is 12.4. The van der Waals surface area contributed by atoms with Crippen LogP contribution in [-0.4, -0.2) is 24.4 Å². The molecular formula is C16H14N4O7S. The molecule has 0 aliphatic rings. The summed E-state index contributed by atoms with van der Waals surface area (Å²) in [4.78, 5) is 21.8. The molecule has 3 aromatic rings. The van der Waals surface area contributed by atoms with Crippen LogP contribution in [0.4, 0.5) is 17.5 Å². The van der Waals surface area contributed by atoms with Crippen molar-refractivity contribution in [3.8, 4) is 0 Å². The van der Waals surface area contributed by atoms with Crippen LogP contribution in [-0.2, 0) is 10.0 Å². The van der Waals surface area contributed by atoms with E-state index in [-0.39, 0.29) is 22.2 Å². The molecule has 1 aromatic carbocycles. The summed E-state index contributed by atoms with van der Waals surface area (Å²) in [6.07, 6.45) is 0. The lowest BCUT2D eigenvalue weighted by molar-refractivity contribution is -0.402. The zero-order valence-electron chi connectivity index (χ0n) is 14.6. The summed E-state index contributed by atoms with van der Waals surface area (Å²) < 4.78 is 36.9. The molecule has 2 N–H and O–H groups in total. The van der Waals surface area contributed by atoms with Crippen molar-refractivity contribution in [3.63, 3.8) is 0 Å². The standard InChI is InChI=1S/C16H14N4O7S/c1-9-10(2)18-27-16(9)19-28(24,25)12-5-3-11(4-6-12)17-15(21)13-7-8-14(26-13)20(22)23/h3-8,19H,1-2H3,(H,17,21). The van der Waals surface area contributed by atoms with E-state index < -0.39 is 26.7 Å². The fraction of sp³-hybridized carbons (Fsp3) is 0.125. The van der Waals surface area contributed by atoms with E-state index in [1.54, 1.807) is 13.8 Å². The first-order valence-electron chi connectivity index (χ1n) is 7.79. The van der Waals surface area contributed by atoms with Crippen molar-refractivity contribution in [2.75, 3.05) is 10.0 Å². The van der Waals surface area contributed by atoms with E-state index in [4.69, 9.17) is 8.94 Å². The van der Waals surface area contributed by atoms with E-state index in [1.165, 1.54) is 24.3 Å². The van der Waals surface area contributed by atoms with Crippen molar-refractivity contribution in [2.24, 2.45) is 0 Å². The molecule has 2 aromatic heterocycles. The fourth-order valence-corrected chi connectivity index (χ4v) is 3.20. The number of carbonyl (C=O) groups is 1. The van der Waals surface area contributed by atoms with Gasteiger partial charge in [0.25, 0.3) is 15.9 Å². The number of anilines is 2. The van der Waals surface area contributed by atoms with Crippen LogP contribution in [0.15, 0.2) is 50.2 Å². The lowest BCUT2D eigenvalue weighted by Gasteiger charge is -2.07. The van der Waals surface area contributed by atoms with Gasteiger partial charge in [0.1, 0.15) is 4.92 Å². The number of hydrogen-bond donors (Lipinski definition) is 2. The van der Waals surface area contributed by atoms with Crippen LogP contribution in [0.2, 0.25) is 0 Å². The molecule has 12 heteroatoms. The van der Waals surface area contributed by atoms with Crippen molar-refractivity contribution in [1.82, 2.24) is 5.16 Å². The smallest absolute Gasteiger partial charge is 0.395 e. The number of benzene rings is 1. The summed E-state index contributed by atoms with van der Waals surface area (Å²) in [5.41, 5.74) is 1.41. The van der Waals surface area contributed by atoms with Gasteiger partial charge in [-0.2, -0.15) is 0 Å². The Morgan fingerprint density at radius 2 is 1.82 bits per heavy atom. The lowest BCUT2D eigenvalue weighted by atomic mass is 10.3. The number of sulfonamides is 1. The molecule has 0 bridgehead atoms. The van der Waals surface area contributed by atoms with Crippen LogP contribution < -0.4 is 10.0 Å². The lowest BCUT2D eigenvalue weighted by Crippen LogP contribution is -2.14. The van der Waals surface area contributed by atoms with Crippen LogP contribution >= 0.6 is 0 Å². The first kappa shape index (κ1) is 19.1. The monoisotopic (exact) mass is 406 g/mol. The van der Waals surface area contributed by atoms with Crippen molar-refractivity contribution < 1.29 is 27.1 Å². The molecule has 0 saturated carbocycles. The largest absolute Gasteiger partial charge is 0.433 e. The van der Waals surface area contributed by atoms with E-state index in [0.29, 0.717) is 11.3 Å². The third-order valence-corrected chi connectivity index (χ3v) is 5.15. The van der Waals surface area contributed by atoms with Gasteiger partial charge in [0.2, 0.25) is 5.88 Å². The van der Waals surface area contributed by atoms with Gasteiger partial charge in [0, 0.05) is 11.3 Å². The predicted octanol–water partition coefficient (Wildman–Crippen LogP) is 2.85. The third kappa shape index (κ3) is 3.86. The number of aryl methyl sites for hydroxylation is 1.